The average molecular weight is 379 g/mol. The van der Waals surface area contributed by atoms with Gasteiger partial charge in [0.15, 0.2) is 0 Å². The van der Waals surface area contributed by atoms with Gasteiger partial charge in [0, 0.05) is 31.1 Å². The standard InChI is InChI=1S/C24H30N2O2/c1-24(2,3)17-22(27)25-21-13-15-26(16-14-21)23(28)20-11-9-19(10-12-20)18-7-5-4-6-8-18/h4-12,21H,13-17H2,1-3H3,(H,25,27). The average Bonchev–Trinajstić information content (AvgIpc) is 2.67. The minimum absolute atomic E-state index is 0.00728. The first-order valence-corrected chi connectivity index (χ1v) is 10.1. The first-order chi connectivity index (χ1) is 13.3. The molecule has 0 aromatic heterocycles. The smallest absolute Gasteiger partial charge is 0.253 e. The molecule has 2 amide bonds. The van der Waals surface area contributed by atoms with Crippen LogP contribution < -0.4 is 5.32 Å². The fourth-order valence-corrected chi connectivity index (χ4v) is 3.61. The Bertz CT molecular complexity index is 799. The predicted octanol–water partition coefficient (Wildman–Crippen LogP) is 4.51. The van der Waals surface area contributed by atoms with Gasteiger partial charge >= 0.3 is 0 Å². The van der Waals surface area contributed by atoms with Crippen LogP contribution in [0.1, 0.15) is 50.4 Å². The maximum atomic E-state index is 12.8. The molecule has 1 aliphatic heterocycles. The Morgan fingerprint density at radius 3 is 2.07 bits per heavy atom. The fraction of sp³-hybridized carbons (Fsp3) is 0.417. The molecule has 2 aromatic carbocycles. The van der Waals surface area contributed by atoms with E-state index in [1.54, 1.807) is 0 Å². The van der Waals surface area contributed by atoms with Gasteiger partial charge in [-0.15, -0.1) is 0 Å². The topological polar surface area (TPSA) is 49.4 Å². The normalized spacial score (nSPS) is 15.3. The quantitative estimate of drug-likeness (QED) is 0.851. The zero-order valence-corrected chi connectivity index (χ0v) is 17.1. The summed E-state index contributed by atoms with van der Waals surface area (Å²) in [7, 11) is 0. The van der Waals surface area contributed by atoms with E-state index in [0.717, 1.165) is 29.5 Å². The summed E-state index contributed by atoms with van der Waals surface area (Å²) in [6.07, 6.45) is 2.15. The number of carbonyl (C=O) groups is 2. The Morgan fingerprint density at radius 2 is 1.50 bits per heavy atom. The van der Waals surface area contributed by atoms with Crippen LogP contribution in [0.4, 0.5) is 0 Å². The molecule has 0 saturated carbocycles. The number of nitrogens with one attached hydrogen (secondary N) is 1. The number of piperidine rings is 1. The summed E-state index contributed by atoms with van der Waals surface area (Å²) in [5, 5.41) is 3.12. The molecule has 0 aliphatic carbocycles. The molecule has 1 N–H and O–H groups in total. The molecule has 28 heavy (non-hydrogen) atoms. The fourth-order valence-electron chi connectivity index (χ4n) is 3.61. The third kappa shape index (κ3) is 5.44. The zero-order chi connectivity index (χ0) is 20.1. The SMILES string of the molecule is CC(C)(C)CC(=O)NC1CCN(C(=O)c2ccc(-c3ccccc3)cc2)CC1. The van der Waals surface area contributed by atoms with Crippen LogP contribution in [0.25, 0.3) is 11.1 Å². The molecule has 148 valence electrons. The maximum absolute atomic E-state index is 12.8. The molecule has 4 heteroatoms. The number of amides is 2. The zero-order valence-electron chi connectivity index (χ0n) is 17.1. The lowest BCUT2D eigenvalue weighted by molar-refractivity contribution is -0.123. The summed E-state index contributed by atoms with van der Waals surface area (Å²) < 4.78 is 0. The van der Waals surface area contributed by atoms with Crippen molar-refractivity contribution in [1.82, 2.24) is 10.2 Å². The molecule has 1 saturated heterocycles. The Kier molecular flexibility index (Phi) is 6.18. The molecule has 0 atom stereocenters. The second kappa shape index (κ2) is 8.59. The van der Waals surface area contributed by atoms with Crippen LogP contribution in [0.15, 0.2) is 54.6 Å². The first-order valence-electron chi connectivity index (χ1n) is 10.1. The predicted molar refractivity (Wildman–Crippen MR) is 113 cm³/mol. The molecular weight excluding hydrogens is 348 g/mol. The van der Waals surface area contributed by atoms with Gasteiger partial charge in [-0.1, -0.05) is 63.2 Å². The van der Waals surface area contributed by atoms with Crippen molar-refractivity contribution in [3.05, 3.63) is 60.2 Å². The van der Waals surface area contributed by atoms with Gasteiger partial charge in [0.05, 0.1) is 0 Å². The lowest BCUT2D eigenvalue weighted by Gasteiger charge is -2.33. The Hall–Kier alpha value is -2.62. The monoisotopic (exact) mass is 378 g/mol. The van der Waals surface area contributed by atoms with Gasteiger partial charge in [-0.25, -0.2) is 0 Å². The van der Waals surface area contributed by atoms with E-state index >= 15 is 0 Å². The lowest BCUT2D eigenvalue weighted by Crippen LogP contribution is -2.47. The second-order valence-corrected chi connectivity index (χ2v) is 8.81. The van der Waals surface area contributed by atoms with E-state index in [2.05, 4.69) is 38.2 Å². The van der Waals surface area contributed by atoms with Crippen molar-refractivity contribution in [2.75, 3.05) is 13.1 Å². The summed E-state index contributed by atoms with van der Waals surface area (Å²) in [4.78, 5) is 26.8. The first kappa shape index (κ1) is 20.1. The lowest BCUT2D eigenvalue weighted by atomic mass is 9.91. The third-order valence-corrected chi connectivity index (χ3v) is 5.08. The van der Waals surface area contributed by atoms with Crippen molar-refractivity contribution in [2.24, 2.45) is 5.41 Å². The van der Waals surface area contributed by atoms with Crippen molar-refractivity contribution in [2.45, 2.75) is 46.1 Å². The molecule has 0 spiro atoms. The minimum Gasteiger partial charge on any atom is -0.353 e. The third-order valence-electron chi connectivity index (χ3n) is 5.08. The second-order valence-electron chi connectivity index (χ2n) is 8.81. The van der Waals surface area contributed by atoms with Crippen LogP contribution in [0.5, 0.6) is 0 Å². The van der Waals surface area contributed by atoms with Gasteiger partial charge in [0.1, 0.15) is 0 Å². The highest BCUT2D eigenvalue weighted by atomic mass is 16.2. The van der Waals surface area contributed by atoms with Crippen LogP contribution in [-0.2, 0) is 4.79 Å². The van der Waals surface area contributed by atoms with Gasteiger partial charge in [-0.2, -0.15) is 0 Å². The van der Waals surface area contributed by atoms with Crippen LogP contribution >= 0.6 is 0 Å². The molecule has 0 bridgehead atoms. The van der Waals surface area contributed by atoms with Gasteiger partial charge in [-0.05, 0) is 41.5 Å². The minimum atomic E-state index is -0.00728. The molecule has 1 heterocycles. The Labute approximate surface area is 167 Å². The number of rotatable bonds is 4. The van der Waals surface area contributed by atoms with Crippen molar-refractivity contribution in [3.8, 4) is 11.1 Å². The van der Waals surface area contributed by atoms with E-state index in [1.165, 1.54) is 0 Å². The molecule has 1 fully saturated rings. The van der Waals surface area contributed by atoms with Crippen molar-refractivity contribution in [3.63, 3.8) is 0 Å². The number of nitrogens with zero attached hydrogens (tertiary/aromatic N) is 1. The number of carbonyl (C=O) groups excluding carboxylic acids is 2. The van der Waals surface area contributed by atoms with Crippen LogP contribution in [0, 0.1) is 5.41 Å². The van der Waals surface area contributed by atoms with E-state index in [9.17, 15) is 9.59 Å². The molecule has 2 aromatic rings. The maximum Gasteiger partial charge on any atom is 0.253 e. The Balaban J connectivity index is 1.53. The molecule has 0 unspecified atom stereocenters. The van der Waals surface area contributed by atoms with E-state index in [-0.39, 0.29) is 23.3 Å². The van der Waals surface area contributed by atoms with Gasteiger partial charge < -0.3 is 10.2 Å². The number of benzene rings is 2. The van der Waals surface area contributed by atoms with Crippen molar-refractivity contribution < 1.29 is 9.59 Å². The molecule has 1 aliphatic rings. The summed E-state index contributed by atoms with van der Waals surface area (Å²) in [5.41, 5.74) is 2.97. The summed E-state index contributed by atoms with van der Waals surface area (Å²) >= 11 is 0. The van der Waals surface area contributed by atoms with E-state index < -0.39 is 0 Å². The van der Waals surface area contributed by atoms with Gasteiger partial charge in [0.2, 0.25) is 5.91 Å². The van der Waals surface area contributed by atoms with E-state index in [0.29, 0.717) is 19.5 Å². The van der Waals surface area contributed by atoms with Crippen LogP contribution in [0.2, 0.25) is 0 Å². The number of hydrogen-bond acceptors (Lipinski definition) is 2. The molecule has 0 radical (unpaired) electrons. The van der Waals surface area contributed by atoms with E-state index in [4.69, 9.17) is 0 Å². The summed E-state index contributed by atoms with van der Waals surface area (Å²) in [6, 6.07) is 18.1. The van der Waals surface area contributed by atoms with Crippen molar-refractivity contribution in [1.29, 1.82) is 0 Å². The number of likely N-dealkylation sites (tertiary alicyclic amines) is 1. The highest BCUT2D eigenvalue weighted by molar-refractivity contribution is 5.94. The molecule has 3 rings (SSSR count). The highest BCUT2D eigenvalue weighted by Gasteiger charge is 2.25. The summed E-state index contributed by atoms with van der Waals surface area (Å²) in [6.45, 7) is 7.56. The van der Waals surface area contributed by atoms with Gasteiger partial charge in [0.25, 0.3) is 5.91 Å². The number of hydrogen-bond donors (Lipinski definition) is 1. The molecule has 4 nitrogen and oxygen atoms in total. The highest BCUT2D eigenvalue weighted by Crippen LogP contribution is 2.22. The molecular formula is C24H30N2O2. The summed E-state index contributed by atoms with van der Waals surface area (Å²) in [5.74, 6) is 0.174. The van der Waals surface area contributed by atoms with Crippen molar-refractivity contribution >= 4 is 11.8 Å². The van der Waals surface area contributed by atoms with E-state index in [1.807, 2.05) is 47.4 Å². The largest absolute Gasteiger partial charge is 0.353 e. The van der Waals surface area contributed by atoms with Gasteiger partial charge in [-0.3, -0.25) is 9.59 Å². The Morgan fingerprint density at radius 1 is 0.929 bits per heavy atom. The van der Waals surface area contributed by atoms with Crippen LogP contribution in [0.3, 0.4) is 0 Å². The van der Waals surface area contributed by atoms with Crippen LogP contribution in [-0.4, -0.2) is 35.8 Å².